The lowest BCUT2D eigenvalue weighted by Gasteiger charge is -2.37. The van der Waals surface area contributed by atoms with Crippen LogP contribution in [0, 0.1) is 6.92 Å². The third kappa shape index (κ3) is 5.61. The van der Waals surface area contributed by atoms with Crippen LogP contribution in [0.2, 0.25) is 0 Å². The van der Waals surface area contributed by atoms with E-state index in [-0.39, 0.29) is 0 Å². The van der Waals surface area contributed by atoms with Gasteiger partial charge in [-0.15, -0.1) is 11.3 Å². The summed E-state index contributed by atoms with van der Waals surface area (Å²) in [5.74, 6) is 1.93. The maximum absolute atomic E-state index is 5.25. The third-order valence-electron chi connectivity index (χ3n) is 4.83. The molecule has 0 radical (unpaired) electrons. The zero-order valence-electron chi connectivity index (χ0n) is 17.1. The van der Waals surface area contributed by atoms with Crippen molar-refractivity contribution in [2.45, 2.75) is 26.7 Å². The molecule has 1 aliphatic rings. The van der Waals surface area contributed by atoms with Gasteiger partial charge in [-0.1, -0.05) is 0 Å². The van der Waals surface area contributed by atoms with E-state index in [2.05, 4.69) is 44.5 Å². The van der Waals surface area contributed by atoms with Gasteiger partial charge in [-0.05, 0) is 44.5 Å². The number of aryl methyl sites for hydroxylation is 2. The van der Waals surface area contributed by atoms with E-state index in [4.69, 9.17) is 9.73 Å². The highest BCUT2D eigenvalue weighted by molar-refractivity contribution is 7.09. The Balaban J connectivity index is 1.50. The standard InChI is InChI=1S/C21H31N5OS/c1-4-22-21(23-11-5-6-20-24-17(2)16-28-20)26-14-12-25(13-15-26)18-7-9-19(27-3)10-8-18/h7-10,16H,4-6,11-15H2,1-3H3,(H,22,23). The van der Waals surface area contributed by atoms with E-state index in [1.54, 1.807) is 18.4 Å². The van der Waals surface area contributed by atoms with E-state index in [1.165, 1.54) is 10.7 Å². The molecule has 0 unspecified atom stereocenters. The third-order valence-corrected chi connectivity index (χ3v) is 5.86. The van der Waals surface area contributed by atoms with Crippen molar-refractivity contribution in [3.63, 3.8) is 0 Å². The van der Waals surface area contributed by atoms with Crippen LogP contribution in [0.1, 0.15) is 24.0 Å². The van der Waals surface area contributed by atoms with E-state index in [1.807, 2.05) is 19.1 Å². The molecule has 1 N–H and O–H groups in total. The number of hydrogen-bond acceptors (Lipinski definition) is 5. The van der Waals surface area contributed by atoms with Crippen LogP contribution in [0.15, 0.2) is 34.6 Å². The lowest BCUT2D eigenvalue weighted by molar-refractivity contribution is 0.372. The van der Waals surface area contributed by atoms with E-state index < -0.39 is 0 Å². The van der Waals surface area contributed by atoms with Gasteiger partial charge in [0, 0.05) is 62.5 Å². The van der Waals surface area contributed by atoms with Gasteiger partial charge in [0.15, 0.2) is 5.96 Å². The Kier molecular flexibility index (Phi) is 7.54. The van der Waals surface area contributed by atoms with Gasteiger partial charge in [0.1, 0.15) is 5.75 Å². The van der Waals surface area contributed by atoms with Crippen LogP contribution in [0.5, 0.6) is 5.75 Å². The molecule has 0 spiro atoms. The largest absolute Gasteiger partial charge is 0.497 e. The molecule has 0 atom stereocenters. The summed E-state index contributed by atoms with van der Waals surface area (Å²) in [6.07, 6.45) is 2.04. The number of methoxy groups -OCH3 is 1. The van der Waals surface area contributed by atoms with E-state index >= 15 is 0 Å². The maximum Gasteiger partial charge on any atom is 0.194 e. The number of benzene rings is 1. The van der Waals surface area contributed by atoms with Gasteiger partial charge in [-0.3, -0.25) is 4.99 Å². The average molecular weight is 402 g/mol. The normalized spacial score (nSPS) is 15.0. The Labute approximate surface area is 172 Å². The second kappa shape index (κ2) is 10.3. The van der Waals surface area contributed by atoms with Crippen molar-refractivity contribution in [3.8, 4) is 5.75 Å². The van der Waals surface area contributed by atoms with E-state index in [0.29, 0.717) is 0 Å². The number of nitrogens with one attached hydrogen (secondary N) is 1. The zero-order valence-corrected chi connectivity index (χ0v) is 18.0. The molecular weight excluding hydrogens is 370 g/mol. The summed E-state index contributed by atoms with van der Waals surface area (Å²) in [5.41, 5.74) is 2.37. The topological polar surface area (TPSA) is 53.0 Å². The van der Waals surface area contributed by atoms with Gasteiger partial charge in [0.05, 0.1) is 12.1 Å². The predicted octanol–water partition coefficient (Wildman–Crippen LogP) is 3.18. The van der Waals surface area contributed by atoms with Crippen molar-refractivity contribution in [2.24, 2.45) is 4.99 Å². The Hall–Kier alpha value is -2.28. The number of aromatic nitrogens is 1. The van der Waals surface area contributed by atoms with Crippen molar-refractivity contribution in [3.05, 3.63) is 40.3 Å². The van der Waals surface area contributed by atoms with Crippen molar-refractivity contribution in [2.75, 3.05) is 51.3 Å². The Bertz CT molecular complexity index is 750. The molecule has 1 aliphatic heterocycles. The van der Waals surface area contributed by atoms with Crippen molar-refractivity contribution >= 4 is 23.0 Å². The molecule has 1 aromatic carbocycles. The first-order valence-corrected chi connectivity index (χ1v) is 10.9. The number of rotatable bonds is 7. The van der Waals surface area contributed by atoms with Crippen molar-refractivity contribution in [1.29, 1.82) is 0 Å². The second-order valence-electron chi connectivity index (χ2n) is 6.89. The molecule has 6 nitrogen and oxygen atoms in total. The first-order chi connectivity index (χ1) is 13.7. The van der Waals surface area contributed by atoms with E-state index in [9.17, 15) is 0 Å². The quantitative estimate of drug-likeness (QED) is 0.439. The molecule has 0 bridgehead atoms. The van der Waals surface area contributed by atoms with Gasteiger partial charge >= 0.3 is 0 Å². The van der Waals surface area contributed by atoms with Crippen LogP contribution >= 0.6 is 11.3 Å². The van der Waals surface area contributed by atoms with Crippen LogP contribution in [-0.4, -0.2) is 62.2 Å². The highest BCUT2D eigenvalue weighted by atomic mass is 32.1. The smallest absolute Gasteiger partial charge is 0.194 e. The maximum atomic E-state index is 5.25. The molecule has 0 saturated carbocycles. The fraction of sp³-hybridized carbons (Fsp3) is 0.524. The fourth-order valence-corrected chi connectivity index (χ4v) is 4.15. The van der Waals surface area contributed by atoms with Crippen LogP contribution < -0.4 is 15.0 Å². The minimum absolute atomic E-state index is 0.833. The number of guanidine groups is 1. The SMILES string of the molecule is CCNC(=NCCCc1nc(C)cs1)N1CCN(c2ccc(OC)cc2)CC1. The number of hydrogen-bond donors (Lipinski definition) is 1. The average Bonchev–Trinajstić information content (AvgIpc) is 3.15. The molecule has 1 aromatic heterocycles. The lowest BCUT2D eigenvalue weighted by atomic mass is 10.2. The second-order valence-corrected chi connectivity index (χ2v) is 7.84. The Morgan fingerprint density at radius 2 is 1.96 bits per heavy atom. The summed E-state index contributed by atoms with van der Waals surface area (Å²) in [4.78, 5) is 14.2. The molecule has 2 heterocycles. The van der Waals surface area contributed by atoms with Crippen LogP contribution in [-0.2, 0) is 6.42 Å². The summed E-state index contributed by atoms with van der Waals surface area (Å²) in [6, 6.07) is 8.32. The number of piperazine rings is 1. The molecule has 3 rings (SSSR count). The van der Waals surface area contributed by atoms with Crippen LogP contribution in [0.4, 0.5) is 5.69 Å². The van der Waals surface area contributed by atoms with Crippen LogP contribution in [0.25, 0.3) is 0 Å². The Morgan fingerprint density at radius 3 is 2.57 bits per heavy atom. The molecule has 152 valence electrons. The van der Waals surface area contributed by atoms with Crippen LogP contribution in [0.3, 0.4) is 0 Å². The highest BCUT2D eigenvalue weighted by Gasteiger charge is 2.19. The van der Waals surface area contributed by atoms with Gasteiger partial charge in [-0.25, -0.2) is 4.98 Å². The number of ether oxygens (including phenoxy) is 1. The molecule has 0 aliphatic carbocycles. The number of nitrogens with zero attached hydrogens (tertiary/aromatic N) is 4. The minimum atomic E-state index is 0.833. The number of anilines is 1. The van der Waals surface area contributed by atoms with Gasteiger partial charge in [0.2, 0.25) is 0 Å². The van der Waals surface area contributed by atoms with Crippen molar-refractivity contribution < 1.29 is 4.74 Å². The summed E-state index contributed by atoms with van der Waals surface area (Å²) in [5, 5.41) is 6.78. The molecule has 7 heteroatoms. The zero-order chi connectivity index (χ0) is 19.8. The number of aliphatic imine (C=N–C) groups is 1. The highest BCUT2D eigenvalue weighted by Crippen LogP contribution is 2.20. The minimum Gasteiger partial charge on any atom is -0.497 e. The molecule has 28 heavy (non-hydrogen) atoms. The van der Waals surface area contributed by atoms with Gasteiger partial charge in [0.25, 0.3) is 0 Å². The summed E-state index contributed by atoms with van der Waals surface area (Å²) >= 11 is 1.75. The first kappa shape index (κ1) is 20.5. The van der Waals surface area contributed by atoms with Crippen molar-refractivity contribution in [1.82, 2.24) is 15.2 Å². The molecule has 1 saturated heterocycles. The molecule has 1 fully saturated rings. The number of thiazole rings is 1. The van der Waals surface area contributed by atoms with E-state index in [0.717, 1.165) is 69.5 Å². The summed E-state index contributed by atoms with van der Waals surface area (Å²) < 4.78 is 5.25. The van der Waals surface area contributed by atoms with Gasteiger partial charge in [-0.2, -0.15) is 0 Å². The molecule has 0 amide bonds. The summed E-state index contributed by atoms with van der Waals surface area (Å²) in [6.45, 7) is 9.84. The summed E-state index contributed by atoms with van der Waals surface area (Å²) in [7, 11) is 1.70. The van der Waals surface area contributed by atoms with Gasteiger partial charge < -0.3 is 19.9 Å². The predicted molar refractivity (Wildman–Crippen MR) is 118 cm³/mol. The first-order valence-electron chi connectivity index (χ1n) is 10.0. The molecular formula is C21H31N5OS. The Morgan fingerprint density at radius 1 is 1.21 bits per heavy atom. The molecule has 2 aromatic rings. The fourth-order valence-electron chi connectivity index (χ4n) is 3.33. The lowest BCUT2D eigenvalue weighted by Crippen LogP contribution is -2.52. The monoisotopic (exact) mass is 401 g/mol.